The number of alkyl halides is 3. The number of aromatic nitrogens is 2. The monoisotopic (exact) mass is 624 g/mol. The molecule has 2 amide bonds. The fraction of sp³-hybridized carbons (Fsp3) is 0.414. The fourth-order valence-electron chi connectivity index (χ4n) is 3.96. The molecule has 2 N–H and O–H groups in total. The van der Waals surface area contributed by atoms with Gasteiger partial charge in [0, 0.05) is 5.56 Å². The highest BCUT2D eigenvalue weighted by Gasteiger charge is 2.38. The van der Waals surface area contributed by atoms with Crippen molar-refractivity contribution in [2.75, 3.05) is 6.54 Å². The lowest BCUT2D eigenvalue weighted by Gasteiger charge is -2.35. The van der Waals surface area contributed by atoms with Crippen LogP contribution in [0.5, 0.6) is 0 Å². The topological polar surface area (TPSA) is 131 Å². The summed E-state index contributed by atoms with van der Waals surface area (Å²) in [4.78, 5) is 24.2. The second kappa shape index (κ2) is 11.9. The Labute approximate surface area is 248 Å². The largest absolute Gasteiger partial charge is 0.464 e. The van der Waals surface area contributed by atoms with E-state index in [1.54, 1.807) is 65.8 Å². The molecule has 14 heteroatoms. The smallest absolute Gasteiger partial charge is 0.435 e. The molecule has 0 bridgehead atoms. The molecule has 234 valence electrons. The average molecular weight is 625 g/mol. The van der Waals surface area contributed by atoms with E-state index in [2.05, 4.69) is 10.4 Å². The number of hydrogen-bond acceptors (Lipinski definition) is 6. The number of hydrogen-bond donors (Lipinski definition) is 2. The van der Waals surface area contributed by atoms with Gasteiger partial charge in [-0.15, -0.1) is 0 Å². The van der Waals surface area contributed by atoms with Crippen LogP contribution in [0.15, 0.2) is 59.5 Å². The average Bonchev–Trinajstić information content (AvgIpc) is 3.31. The summed E-state index contributed by atoms with van der Waals surface area (Å²) >= 11 is 0. The number of carbonyl (C=O) groups excluding carboxylic acids is 1. The van der Waals surface area contributed by atoms with Gasteiger partial charge in [0.1, 0.15) is 5.60 Å². The molecule has 0 saturated heterocycles. The van der Waals surface area contributed by atoms with Gasteiger partial charge >= 0.3 is 18.4 Å². The third kappa shape index (κ3) is 8.27. The highest BCUT2D eigenvalue weighted by molar-refractivity contribution is 7.89. The predicted octanol–water partition coefficient (Wildman–Crippen LogP) is 6.47. The Morgan fingerprint density at radius 3 is 2.02 bits per heavy atom. The van der Waals surface area contributed by atoms with Gasteiger partial charge in [-0.3, -0.25) is 0 Å². The molecule has 0 fully saturated rings. The number of nitrogens with zero attached hydrogens (tertiary/aromatic N) is 3. The molecule has 1 atom stereocenters. The first-order valence-electron chi connectivity index (χ1n) is 13.2. The molecule has 0 aliphatic rings. The number of aryl methyl sites for hydroxylation is 1. The minimum absolute atomic E-state index is 0.117. The Hall–Kier alpha value is -4.07. The van der Waals surface area contributed by atoms with Crippen molar-refractivity contribution in [1.82, 2.24) is 19.4 Å². The number of carbonyl (C=O) groups is 2. The summed E-state index contributed by atoms with van der Waals surface area (Å²) in [5.41, 5.74) is -1.18. The van der Waals surface area contributed by atoms with E-state index < -0.39 is 62.6 Å². The number of halogens is 3. The normalized spacial score (nSPS) is 13.3. The second-order valence-corrected chi connectivity index (χ2v) is 13.9. The van der Waals surface area contributed by atoms with Crippen molar-refractivity contribution >= 4 is 22.2 Å². The number of alkyl carbamates (subject to hydrolysis) is 1. The molecule has 0 spiro atoms. The molecule has 1 heterocycles. The van der Waals surface area contributed by atoms with Crippen molar-refractivity contribution in [1.29, 1.82) is 0 Å². The van der Waals surface area contributed by atoms with Gasteiger partial charge in [-0.05, 0) is 63.4 Å². The molecule has 0 aliphatic carbocycles. The van der Waals surface area contributed by atoms with Gasteiger partial charge in [0.15, 0.2) is 5.69 Å². The Bertz CT molecular complexity index is 1570. The van der Waals surface area contributed by atoms with Crippen molar-refractivity contribution in [3.05, 3.63) is 65.9 Å². The predicted molar refractivity (Wildman–Crippen MR) is 153 cm³/mol. The van der Waals surface area contributed by atoms with Crippen molar-refractivity contribution < 1.29 is 41.0 Å². The van der Waals surface area contributed by atoms with Crippen LogP contribution in [0.4, 0.5) is 22.8 Å². The first kappa shape index (κ1) is 33.4. The molecule has 10 nitrogen and oxygen atoms in total. The fourth-order valence-corrected chi connectivity index (χ4v) is 5.25. The summed E-state index contributed by atoms with van der Waals surface area (Å²) in [6, 6.07) is 11.3. The number of sulfonamides is 1. The van der Waals surface area contributed by atoms with Crippen LogP contribution >= 0.6 is 0 Å². The lowest BCUT2D eigenvalue weighted by atomic mass is 9.87. The van der Waals surface area contributed by atoms with Gasteiger partial charge in [-0.25, -0.2) is 22.7 Å². The van der Waals surface area contributed by atoms with E-state index in [0.29, 0.717) is 5.56 Å². The highest BCUT2D eigenvalue weighted by atomic mass is 32.2. The zero-order chi connectivity index (χ0) is 32.5. The van der Waals surface area contributed by atoms with Crippen LogP contribution in [-0.2, 0) is 20.9 Å². The van der Waals surface area contributed by atoms with Crippen molar-refractivity contribution in [3.8, 4) is 16.9 Å². The van der Waals surface area contributed by atoms with Gasteiger partial charge in [-0.2, -0.15) is 22.6 Å². The third-order valence-electron chi connectivity index (χ3n) is 6.31. The lowest BCUT2D eigenvalue weighted by molar-refractivity contribution is -0.141. The van der Waals surface area contributed by atoms with E-state index in [1.165, 1.54) is 12.1 Å². The van der Waals surface area contributed by atoms with Crippen molar-refractivity contribution in [2.24, 2.45) is 5.41 Å². The van der Waals surface area contributed by atoms with Crippen LogP contribution < -0.4 is 5.32 Å². The Balaban J connectivity index is 1.98. The van der Waals surface area contributed by atoms with Crippen LogP contribution in [0.3, 0.4) is 0 Å². The van der Waals surface area contributed by atoms with Crippen LogP contribution in [0.25, 0.3) is 16.9 Å². The number of benzene rings is 2. The van der Waals surface area contributed by atoms with Crippen LogP contribution in [-0.4, -0.2) is 58.0 Å². The summed E-state index contributed by atoms with van der Waals surface area (Å²) in [5.74, 6) is 0. The van der Waals surface area contributed by atoms with E-state index in [1.807, 2.05) is 6.92 Å². The van der Waals surface area contributed by atoms with Gasteiger partial charge in [0.25, 0.3) is 10.0 Å². The molecule has 1 unspecified atom stereocenters. The van der Waals surface area contributed by atoms with E-state index in [9.17, 15) is 36.3 Å². The minimum atomic E-state index is -4.73. The molecule has 2 aromatic carbocycles. The maximum Gasteiger partial charge on any atom is 0.435 e. The first-order valence-corrected chi connectivity index (χ1v) is 14.6. The molecular weight excluding hydrogens is 589 g/mol. The standard InChI is InChI=1S/C29H35F3N4O6S/c1-18-8-10-19(11-9-18)22-16-23(29(30,31)32)34-36(22)20-12-14-21(15-13-20)43(40,41)35(26(38)39)17-24(27(2,3)4)33-25(37)42-28(5,6)7/h8-16,24H,17H2,1-7H3,(H,33,37)(H,38,39). The maximum atomic E-state index is 13.6. The second-order valence-electron chi connectivity index (χ2n) is 12.1. The molecule has 3 aromatic rings. The third-order valence-corrected chi connectivity index (χ3v) is 8.07. The SMILES string of the molecule is Cc1ccc(-c2cc(C(F)(F)F)nn2-c2ccc(S(=O)(=O)N(CC(NC(=O)OC(C)(C)C)C(C)(C)C)C(=O)O)cc2)cc1. The van der Waals surface area contributed by atoms with Crippen LogP contribution in [0.1, 0.15) is 52.8 Å². The summed E-state index contributed by atoms with van der Waals surface area (Å²) in [7, 11) is -4.68. The Morgan fingerprint density at radius 2 is 1.56 bits per heavy atom. The van der Waals surface area contributed by atoms with E-state index in [0.717, 1.165) is 28.4 Å². The lowest BCUT2D eigenvalue weighted by Crippen LogP contribution is -2.53. The number of ether oxygens (including phenoxy) is 1. The number of rotatable bonds is 7. The van der Waals surface area contributed by atoms with Crippen molar-refractivity contribution in [3.63, 3.8) is 0 Å². The summed E-state index contributed by atoms with van der Waals surface area (Å²) < 4.78 is 74.2. The minimum Gasteiger partial charge on any atom is -0.464 e. The Kier molecular flexibility index (Phi) is 9.25. The van der Waals surface area contributed by atoms with E-state index >= 15 is 0 Å². The van der Waals surface area contributed by atoms with Crippen LogP contribution in [0.2, 0.25) is 0 Å². The number of nitrogens with one attached hydrogen (secondary N) is 1. The molecule has 3 rings (SSSR count). The Morgan fingerprint density at radius 1 is 1.00 bits per heavy atom. The summed E-state index contributed by atoms with van der Waals surface area (Å²) in [5, 5.41) is 16.2. The van der Waals surface area contributed by atoms with Crippen LogP contribution in [0, 0.1) is 12.3 Å². The van der Waals surface area contributed by atoms with E-state index in [4.69, 9.17) is 4.74 Å². The molecular formula is C29H35F3N4O6S. The quantitative estimate of drug-likeness (QED) is 0.308. The zero-order valence-corrected chi connectivity index (χ0v) is 25.7. The molecule has 0 aliphatic heterocycles. The van der Waals surface area contributed by atoms with Gasteiger partial charge in [-0.1, -0.05) is 50.6 Å². The van der Waals surface area contributed by atoms with Gasteiger partial charge < -0.3 is 15.2 Å². The zero-order valence-electron chi connectivity index (χ0n) is 24.9. The van der Waals surface area contributed by atoms with Gasteiger partial charge in [0.2, 0.25) is 0 Å². The number of amides is 2. The molecule has 43 heavy (non-hydrogen) atoms. The first-order chi connectivity index (χ1) is 19.6. The van der Waals surface area contributed by atoms with Gasteiger partial charge in [0.05, 0.1) is 28.9 Å². The summed E-state index contributed by atoms with van der Waals surface area (Å²) in [6.45, 7) is 11.2. The van der Waals surface area contributed by atoms with E-state index in [-0.39, 0.29) is 15.7 Å². The highest BCUT2D eigenvalue weighted by Crippen LogP contribution is 2.34. The maximum absolute atomic E-state index is 13.6. The van der Waals surface area contributed by atoms with Crippen molar-refractivity contribution in [2.45, 2.75) is 71.2 Å². The number of carboxylic acid groups (broad SMARTS) is 1. The molecule has 0 saturated carbocycles. The molecule has 0 radical (unpaired) electrons. The summed E-state index contributed by atoms with van der Waals surface area (Å²) in [6.07, 6.45) is -7.36. The molecule has 1 aromatic heterocycles.